The Bertz CT molecular complexity index is 567. The largest absolute Gasteiger partial charge is 0.468 e. The highest BCUT2D eigenvalue weighted by molar-refractivity contribution is 5.96. The van der Waals surface area contributed by atoms with E-state index in [0.717, 1.165) is 35.5 Å². The lowest BCUT2D eigenvalue weighted by Gasteiger charge is -2.40. The number of fused-ring (bicyclic) bond motifs is 1. The molecule has 2 heterocycles. The lowest BCUT2D eigenvalue weighted by atomic mass is 9.94. The lowest BCUT2D eigenvalue weighted by Crippen LogP contribution is -2.59. The van der Waals surface area contributed by atoms with Crippen molar-refractivity contribution in [1.82, 2.24) is 4.90 Å². The maximum absolute atomic E-state index is 13.3. The molecule has 1 aromatic heterocycles. The van der Waals surface area contributed by atoms with Gasteiger partial charge in [0, 0.05) is 18.5 Å². The van der Waals surface area contributed by atoms with Crippen molar-refractivity contribution in [3.63, 3.8) is 0 Å². The molecule has 1 aromatic rings. The van der Waals surface area contributed by atoms with Crippen LogP contribution < -0.4 is 0 Å². The molecule has 4 nitrogen and oxygen atoms in total. The van der Waals surface area contributed by atoms with Crippen LogP contribution in [0.25, 0.3) is 0 Å². The second-order valence-electron chi connectivity index (χ2n) is 5.82. The van der Waals surface area contributed by atoms with E-state index in [1.54, 1.807) is 0 Å². The van der Waals surface area contributed by atoms with E-state index >= 15 is 0 Å². The zero-order valence-corrected chi connectivity index (χ0v) is 12.3. The van der Waals surface area contributed by atoms with Crippen LogP contribution in [0.2, 0.25) is 0 Å². The van der Waals surface area contributed by atoms with E-state index in [-0.39, 0.29) is 18.7 Å². The summed E-state index contributed by atoms with van der Waals surface area (Å²) >= 11 is 0. The van der Waals surface area contributed by atoms with E-state index in [9.17, 15) is 18.0 Å². The van der Waals surface area contributed by atoms with Gasteiger partial charge in [0.25, 0.3) is 5.91 Å². The fourth-order valence-electron chi connectivity index (χ4n) is 3.32. The summed E-state index contributed by atoms with van der Waals surface area (Å²) in [5.74, 6) is 0.129. The van der Waals surface area contributed by atoms with Crippen molar-refractivity contribution in [1.29, 1.82) is 0 Å². The van der Waals surface area contributed by atoms with Crippen LogP contribution in [0.3, 0.4) is 0 Å². The number of amides is 1. The average molecular weight is 317 g/mol. The molecule has 0 bridgehead atoms. The Labute approximate surface area is 126 Å². The molecule has 7 heteroatoms. The first-order valence-corrected chi connectivity index (χ1v) is 7.48. The van der Waals surface area contributed by atoms with Crippen molar-refractivity contribution < 1.29 is 27.1 Å². The van der Waals surface area contributed by atoms with E-state index in [1.165, 1.54) is 13.2 Å². The monoisotopic (exact) mass is 317 g/mol. The molecule has 1 aliphatic heterocycles. The van der Waals surface area contributed by atoms with Crippen LogP contribution in [0.4, 0.5) is 13.2 Å². The van der Waals surface area contributed by atoms with Gasteiger partial charge >= 0.3 is 6.18 Å². The van der Waals surface area contributed by atoms with Gasteiger partial charge in [-0.1, -0.05) is 0 Å². The summed E-state index contributed by atoms with van der Waals surface area (Å²) in [5, 5.41) is 0. The smallest absolute Gasteiger partial charge is 0.411 e. The molecular formula is C15H18F3NO3. The van der Waals surface area contributed by atoms with Crippen LogP contribution in [0.5, 0.6) is 0 Å². The van der Waals surface area contributed by atoms with Gasteiger partial charge in [0.1, 0.15) is 12.0 Å². The number of furan rings is 1. The molecular weight excluding hydrogens is 299 g/mol. The fraction of sp³-hybridized carbons (Fsp3) is 0.667. The minimum atomic E-state index is -4.51. The highest BCUT2D eigenvalue weighted by Gasteiger charge is 2.51. The predicted octanol–water partition coefficient (Wildman–Crippen LogP) is 2.95. The van der Waals surface area contributed by atoms with Gasteiger partial charge in [-0.3, -0.25) is 4.79 Å². The third-order valence-electron chi connectivity index (χ3n) is 4.38. The number of hydrogen-bond acceptors (Lipinski definition) is 3. The number of rotatable bonds is 1. The number of hydrogen-bond donors (Lipinski definition) is 0. The summed E-state index contributed by atoms with van der Waals surface area (Å²) in [7, 11) is 0. The van der Waals surface area contributed by atoms with Crippen molar-refractivity contribution in [2.45, 2.75) is 50.9 Å². The standard InChI is InChI=1S/C15H18F3NO3/c1-9-13(15(16,17)18)19(6-7-21-9)14(20)11-8-22-12-5-3-2-4-10(11)12/h8-9,13H,2-7H2,1H3/t9-,13-/m0/s1. The number of morpholine rings is 1. The number of nitrogens with zero attached hydrogens (tertiary/aromatic N) is 1. The molecule has 1 amide bonds. The molecule has 0 N–H and O–H groups in total. The topological polar surface area (TPSA) is 42.7 Å². The van der Waals surface area contributed by atoms with Gasteiger partial charge in [-0.05, 0) is 26.2 Å². The highest BCUT2D eigenvalue weighted by Crippen LogP contribution is 2.34. The SMILES string of the molecule is C[C@@H]1OCCN(C(=O)c2coc3c2CCCC3)[C@@H]1C(F)(F)F. The van der Waals surface area contributed by atoms with Crippen molar-refractivity contribution >= 4 is 5.91 Å². The summed E-state index contributed by atoms with van der Waals surface area (Å²) in [6.45, 7) is 1.40. The van der Waals surface area contributed by atoms with E-state index in [4.69, 9.17) is 9.15 Å². The first kappa shape index (κ1) is 15.4. The summed E-state index contributed by atoms with van der Waals surface area (Å²) in [5.41, 5.74) is 1.05. The Kier molecular flexibility index (Phi) is 3.92. The Hall–Kier alpha value is -1.50. The third kappa shape index (κ3) is 2.62. The van der Waals surface area contributed by atoms with E-state index < -0.39 is 24.2 Å². The molecule has 2 aliphatic rings. The molecule has 0 saturated carbocycles. The Morgan fingerprint density at radius 1 is 1.32 bits per heavy atom. The van der Waals surface area contributed by atoms with Crippen molar-refractivity contribution in [3.05, 3.63) is 23.2 Å². The molecule has 1 saturated heterocycles. The zero-order chi connectivity index (χ0) is 15.9. The highest BCUT2D eigenvalue weighted by atomic mass is 19.4. The summed E-state index contributed by atoms with van der Waals surface area (Å²) in [4.78, 5) is 13.5. The molecule has 0 unspecified atom stereocenters. The molecule has 2 atom stereocenters. The van der Waals surface area contributed by atoms with E-state index in [2.05, 4.69) is 0 Å². The van der Waals surface area contributed by atoms with Crippen LogP contribution in [-0.2, 0) is 17.6 Å². The van der Waals surface area contributed by atoms with Gasteiger partial charge in [-0.25, -0.2) is 0 Å². The number of ether oxygens (including phenoxy) is 1. The van der Waals surface area contributed by atoms with Crippen LogP contribution in [0, 0.1) is 0 Å². The lowest BCUT2D eigenvalue weighted by molar-refractivity contribution is -0.220. The maximum Gasteiger partial charge on any atom is 0.411 e. The zero-order valence-electron chi connectivity index (χ0n) is 12.3. The van der Waals surface area contributed by atoms with Gasteiger partial charge in [0.2, 0.25) is 0 Å². The molecule has 1 fully saturated rings. The van der Waals surface area contributed by atoms with Crippen molar-refractivity contribution in [2.24, 2.45) is 0 Å². The quantitative estimate of drug-likeness (QED) is 0.800. The van der Waals surface area contributed by atoms with Crippen molar-refractivity contribution in [3.8, 4) is 0 Å². The van der Waals surface area contributed by atoms with Crippen LogP contribution in [0.15, 0.2) is 10.7 Å². The minimum Gasteiger partial charge on any atom is -0.468 e. The third-order valence-corrected chi connectivity index (χ3v) is 4.38. The number of carbonyl (C=O) groups is 1. The molecule has 0 aromatic carbocycles. The molecule has 122 valence electrons. The average Bonchev–Trinajstić information content (AvgIpc) is 2.88. The Morgan fingerprint density at radius 2 is 2.05 bits per heavy atom. The maximum atomic E-state index is 13.3. The van der Waals surface area contributed by atoms with Gasteiger partial charge in [0.15, 0.2) is 6.04 Å². The number of carbonyl (C=O) groups excluding carboxylic acids is 1. The molecule has 3 rings (SSSR count). The van der Waals surface area contributed by atoms with Crippen LogP contribution >= 0.6 is 0 Å². The van der Waals surface area contributed by atoms with Gasteiger partial charge in [-0.15, -0.1) is 0 Å². The van der Waals surface area contributed by atoms with Crippen LogP contribution in [-0.4, -0.2) is 42.3 Å². The van der Waals surface area contributed by atoms with Gasteiger partial charge in [-0.2, -0.15) is 13.2 Å². The molecule has 0 spiro atoms. The first-order valence-electron chi connectivity index (χ1n) is 7.48. The minimum absolute atomic E-state index is 0.0622. The van der Waals surface area contributed by atoms with E-state index in [1.807, 2.05) is 0 Å². The second-order valence-corrected chi connectivity index (χ2v) is 5.82. The Morgan fingerprint density at radius 3 is 2.77 bits per heavy atom. The summed E-state index contributed by atoms with van der Waals surface area (Å²) < 4.78 is 50.3. The second kappa shape index (κ2) is 5.61. The van der Waals surface area contributed by atoms with Crippen LogP contribution in [0.1, 0.15) is 41.4 Å². The molecule has 0 radical (unpaired) electrons. The summed E-state index contributed by atoms with van der Waals surface area (Å²) in [6.07, 6.45) is -0.942. The normalized spacial score (nSPS) is 25.9. The number of halogens is 3. The van der Waals surface area contributed by atoms with Crippen molar-refractivity contribution in [2.75, 3.05) is 13.2 Å². The molecule has 1 aliphatic carbocycles. The van der Waals surface area contributed by atoms with E-state index in [0.29, 0.717) is 6.42 Å². The Balaban J connectivity index is 1.91. The predicted molar refractivity (Wildman–Crippen MR) is 71.6 cm³/mol. The first-order chi connectivity index (χ1) is 10.4. The fourth-order valence-corrected chi connectivity index (χ4v) is 3.32. The van der Waals surface area contributed by atoms with Gasteiger partial charge < -0.3 is 14.1 Å². The number of aryl methyl sites for hydroxylation is 1. The van der Waals surface area contributed by atoms with Gasteiger partial charge in [0.05, 0.1) is 18.3 Å². The molecule has 22 heavy (non-hydrogen) atoms. The summed E-state index contributed by atoms with van der Waals surface area (Å²) in [6, 6.07) is -1.91. The number of alkyl halides is 3.